The summed E-state index contributed by atoms with van der Waals surface area (Å²) in [5.41, 5.74) is 1.06. The van der Waals surface area contributed by atoms with E-state index in [1.165, 1.54) is 19.3 Å². The third kappa shape index (κ3) is 5.46. The number of aliphatic hydroxyl groups is 1. The van der Waals surface area contributed by atoms with Gasteiger partial charge in [0.2, 0.25) is 11.8 Å². The third-order valence-corrected chi connectivity index (χ3v) is 6.84. The molecule has 3 N–H and O–H groups in total. The molecule has 3 aliphatic heterocycles. The van der Waals surface area contributed by atoms with E-state index in [9.17, 15) is 19.5 Å². The van der Waals surface area contributed by atoms with Gasteiger partial charge in [-0.2, -0.15) is 0 Å². The summed E-state index contributed by atoms with van der Waals surface area (Å²) in [5.74, 6) is -2.73. The van der Waals surface area contributed by atoms with Crippen LogP contribution in [0.5, 0.6) is 0 Å². The molecular formula is C25H36N4O5. The van der Waals surface area contributed by atoms with Crippen LogP contribution in [0.15, 0.2) is 24.3 Å². The molecule has 3 heterocycles. The largest absolute Gasteiger partial charge is 0.444 e. The van der Waals surface area contributed by atoms with Gasteiger partial charge in [0.25, 0.3) is 0 Å². The van der Waals surface area contributed by atoms with Gasteiger partial charge in [0.05, 0.1) is 6.10 Å². The molecular weight excluding hydrogens is 436 g/mol. The number of anilines is 2. The first-order valence-electron chi connectivity index (χ1n) is 12.2. The molecule has 4 atom stereocenters. The second-order valence-corrected chi connectivity index (χ2v) is 10.5. The summed E-state index contributed by atoms with van der Waals surface area (Å²) in [5, 5.41) is 16.7. The second kappa shape index (κ2) is 9.82. The fraction of sp³-hybridized carbons (Fsp3) is 0.640. The Bertz CT molecular complexity index is 907. The summed E-state index contributed by atoms with van der Waals surface area (Å²) < 4.78 is 5.46. The number of rotatable bonds is 3. The van der Waals surface area contributed by atoms with Gasteiger partial charge in [-0.25, -0.2) is 4.79 Å². The van der Waals surface area contributed by atoms with Crippen molar-refractivity contribution in [1.82, 2.24) is 10.2 Å². The lowest BCUT2D eigenvalue weighted by atomic mass is 9.77. The molecule has 2 unspecified atom stereocenters. The van der Waals surface area contributed by atoms with Crippen LogP contribution in [0.3, 0.4) is 0 Å². The van der Waals surface area contributed by atoms with Crippen LogP contribution in [0.1, 0.15) is 46.5 Å². The van der Waals surface area contributed by atoms with Crippen LogP contribution in [0.25, 0.3) is 0 Å². The maximum absolute atomic E-state index is 13.0. The zero-order valence-electron chi connectivity index (χ0n) is 20.3. The van der Waals surface area contributed by atoms with E-state index in [0.29, 0.717) is 18.7 Å². The highest BCUT2D eigenvalue weighted by Crippen LogP contribution is 2.31. The molecule has 3 saturated heterocycles. The maximum atomic E-state index is 13.0. The minimum atomic E-state index is -1.25. The highest BCUT2D eigenvalue weighted by Gasteiger charge is 2.49. The fourth-order valence-corrected chi connectivity index (χ4v) is 5.08. The average Bonchev–Trinajstić information content (AvgIpc) is 2.79. The average molecular weight is 473 g/mol. The lowest BCUT2D eigenvalue weighted by Gasteiger charge is -2.45. The Kier molecular flexibility index (Phi) is 7.02. The van der Waals surface area contributed by atoms with Gasteiger partial charge in [-0.15, -0.1) is 0 Å². The summed E-state index contributed by atoms with van der Waals surface area (Å²) in [4.78, 5) is 42.1. The Morgan fingerprint density at radius 3 is 2.41 bits per heavy atom. The van der Waals surface area contributed by atoms with Crippen molar-refractivity contribution in [3.63, 3.8) is 0 Å². The first-order chi connectivity index (χ1) is 16.1. The number of carbonyl (C=O) groups excluding carboxylic acids is 3. The van der Waals surface area contributed by atoms with Crippen LogP contribution in [-0.2, 0) is 14.3 Å². The van der Waals surface area contributed by atoms with E-state index in [1.807, 2.05) is 24.3 Å². The van der Waals surface area contributed by atoms with E-state index in [0.717, 1.165) is 18.8 Å². The number of benzene rings is 1. The number of nitrogens with one attached hydrogen (secondary N) is 2. The molecule has 4 rings (SSSR count). The number of likely N-dealkylation sites (tertiary alicyclic amines) is 1. The molecule has 34 heavy (non-hydrogen) atoms. The van der Waals surface area contributed by atoms with Crippen molar-refractivity contribution >= 4 is 29.3 Å². The summed E-state index contributed by atoms with van der Waals surface area (Å²) in [6, 6.07) is 7.29. The summed E-state index contributed by atoms with van der Waals surface area (Å²) in [7, 11) is 0. The SMILES string of the molecule is CC(C)(C)OC(=O)N1CC[C@@H]2NC(=O)C(C(=O)Nc3ccc(N4CCCCC4)cc3)C(O)[C@H]2C1. The van der Waals surface area contributed by atoms with Crippen LogP contribution < -0.4 is 15.5 Å². The highest BCUT2D eigenvalue weighted by atomic mass is 16.6. The van der Waals surface area contributed by atoms with Gasteiger partial charge < -0.3 is 30.3 Å². The standard InChI is InChI=1S/C25H36N4O5/c1-25(2,3)34-24(33)29-14-11-19-18(15-29)21(30)20(23(32)27-19)22(31)26-16-7-9-17(10-8-16)28-12-5-4-6-13-28/h7-10,18-21,30H,4-6,11-15H2,1-3H3,(H,26,31)(H,27,32)/t18-,19-,20?,21?/m0/s1. The predicted molar refractivity (Wildman–Crippen MR) is 128 cm³/mol. The Balaban J connectivity index is 1.40. The number of aliphatic hydroxyl groups excluding tert-OH is 1. The molecule has 0 radical (unpaired) electrons. The van der Waals surface area contributed by atoms with Gasteiger partial charge in [0.15, 0.2) is 0 Å². The summed E-state index contributed by atoms with van der Waals surface area (Å²) in [6.45, 7) is 8.09. The van der Waals surface area contributed by atoms with Crippen LogP contribution in [-0.4, -0.2) is 71.8 Å². The van der Waals surface area contributed by atoms with Crippen molar-refractivity contribution in [2.45, 2.75) is 64.2 Å². The molecule has 3 amide bonds. The lowest BCUT2D eigenvalue weighted by molar-refractivity contribution is -0.146. The zero-order valence-corrected chi connectivity index (χ0v) is 20.3. The van der Waals surface area contributed by atoms with Gasteiger partial charge in [-0.1, -0.05) is 0 Å². The molecule has 1 aromatic rings. The second-order valence-electron chi connectivity index (χ2n) is 10.5. The fourth-order valence-electron chi connectivity index (χ4n) is 5.08. The van der Waals surface area contributed by atoms with Crippen molar-refractivity contribution < 1.29 is 24.2 Å². The number of nitrogens with zero attached hydrogens (tertiary/aromatic N) is 2. The molecule has 0 aliphatic carbocycles. The topological polar surface area (TPSA) is 111 Å². The molecule has 1 aromatic carbocycles. The predicted octanol–water partition coefficient (Wildman–Crippen LogP) is 2.35. The number of hydrogen-bond donors (Lipinski definition) is 3. The molecule has 9 heteroatoms. The molecule has 3 aliphatic rings. The van der Waals surface area contributed by atoms with Crippen molar-refractivity contribution in [2.24, 2.45) is 11.8 Å². The number of amides is 3. The van der Waals surface area contributed by atoms with E-state index in [4.69, 9.17) is 4.74 Å². The number of hydrogen-bond acceptors (Lipinski definition) is 6. The zero-order chi connectivity index (χ0) is 24.5. The van der Waals surface area contributed by atoms with Crippen molar-refractivity contribution in [3.05, 3.63) is 24.3 Å². The minimum Gasteiger partial charge on any atom is -0.444 e. The monoisotopic (exact) mass is 472 g/mol. The molecule has 0 spiro atoms. The molecule has 3 fully saturated rings. The Morgan fingerprint density at radius 2 is 1.76 bits per heavy atom. The van der Waals surface area contributed by atoms with Crippen molar-refractivity contribution in [3.8, 4) is 0 Å². The van der Waals surface area contributed by atoms with Gasteiger partial charge >= 0.3 is 6.09 Å². The van der Waals surface area contributed by atoms with Crippen molar-refractivity contribution in [2.75, 3.05) is 36.4 Å². The smallest absolute Gasteiger partial charge is 0.410 e. The quantitative estimate of drug-likeness (QED) is 0.583. The Labute approximate surface area is 200 Å². The number of ether oxygens (including phenoxy) is 1. The Hall–Kier alpha value is -2.81. The van der Waals surface area contributed by atoms with E-state index in [-0.39, 0.29) is 12.6 Å². The normalized spacial score (nSPS) is 27.5. The highest BCUT2D eigenvalue weighted by molar-refractivity contribution is 6.07. The minimum absolute atomic E-state index is 0.218. The van der Waals surface area contributed by atoms with Crippen LogP contribution in [0.2, 0.25) is 0 Å². The molecule has 0 aromatic heterocycles. The molecule has 186 valence electrons. The van der Waals surface area contributed by atoms with E-state index < -0.39 is 41.4 Å². The van der Waals surface area contributed by atoms with Gasteiger partial charge in [0.1, 0.15) is 11.5 Å². The van der Waals surface area contributed by atoms with Gasteiger partial charge in [0, 0.05) is 49.5 Å². The Morgan fingerprint density at radius 1 is 1.09 bits per heavy atom. The van der Waals surface area contributed by atoms with Crippen LogP contribution >= 0.6 is 0 Å². The summed E-state index contributed by atoms with van der Waals surface area (Å²) in [6.07, 6.45) is 2.47. The third-order valence-electron chi connectivity index (χ3n) is 6.84. The summed E-state index contributed by atoms with van der Waals surface area (Å²) >= 11 is 0. The van der Waals surface area contributed by atoms with Gasteiger partial charge in [-0.3, -0.25) is 9.59 Å². The van der Waals surface area contributed by atoms with Gasteiger partial charge in [-0.05, 0) is 70.7 Å². The van der Waals surface area contributed by atoms with Crippen LogP contribution in [0, 0.1) is 11.8 Å². The van der Waals surface area contributed by atoms with Crippen LogP contribution in [0.4, 0.5) is 16.2 Å². The lowest BCUT2D eigenvalue weighted by Crippen LogP contribution is -2.65. The molecule has 9 nitrogen and oxygen atoms in total. The van der Waals surface area contributed by atoms with E-state index in [1.54, 1.807) is 25.7 Å². The first-order valence-corrected chi connectivity index (χ1v) is 12.2. The molecule has 0 saturated carbocycles. The van der Waals surface area contributed by atoms with E-state index in [2.05, 4.69) is 15.5 Å². The maximum Gasteiger partial charge on any atom is 0.410 e. The number of carbonyl (C=O) groups is 3. The van der Waals surface area contributed by atoms with Crippen molar-refractivity contribution in [1.29, 1.82) is 0 Å². The number of piperidine rings is 3. The number of fused-ring (bicyclic) bond motifs is 1. The van der Waals surface area contributed by atoms with E-state index >= 15 is 0 Å². The molecule has 0 bridgehead atoms. The first kappa shape index (κ1) is 24.3.